The van der Waals surface area contributed by atoms with Crippen LogP contribution in [-0.4, -0.2) is 44.3 Å². The van der Waals surface area contributed by atoms with E-state index in [1.54, 1.807) is 12.4 Å². The third-order valence-corrected chi connectivity index (χ3v) is 5.52. The number of nitrogens with zero attached hydrogens (tertiary/aromatic N) is 5. The largest absolute Gasteiger partial charge is 0.329 e. The van der Waals surface area contributed by atoms with E-state index in [0.29, 0.717) is 29.1 Å². The van der Waals surface area contributed by atoms with E-state index in [2.05, 4.69) is 14.9 Å². The number of aromatic nitrogens is 4. The zero-order valence-corrected chi connectivity index (χ0v) is 15.8. The summed E-state index contributed by atoms with van der Waals surface area (Å²) in [5.41, 5.74) is 9.61. The summed E-state index contributed by atoms with van der Waals surface area (Å²) in [6, 6.07) is 5.82. The van der Waals surface area contributed by atoms with Crippen LogP contribution in [-0.2, 0) is 13.1 Å². The second-order valence-electron chi connectivity index (χ2n) is 6.59. The summed E-state index contributed by atoms with van der Waals surface area (Å²) < 4.78 is 1.87. The predicted molar refractivity (Wildman–Crippen MR) is 103 cm³/mol. The summed E-state index contributed by atoms with van der Waals surface area (Å²) in [5.74, 6) is 0.344. The monoisotopic (exact) mass is 390 g/mol. The highest BCUT2D eigenvalue weighted by Crippen LogP contribution is 2.31. The molecule has 1 aromatic carbocycles. The molecule has 8 heteroatoms. The van der Waals surface area contributed by atoms with Gasteiger partial charge in [0, 0.05) is 37.9 Å². The quantitative estimate of drug-likeness (QED) is 0.724. The molecule has 0 unspecified atom stereocenters. The third-order valence-electron chi connectivity index (χ3n) is 4.78. The second-order valence-corrected chi connectivity index (χ2v) is 7.41. The van der Waals surface area contributed by atoms with Crippen LogP contribution in [0.1, 0.15) is 23.6 Å². The highest BCUT2D eigenvalue weighted by atomic mass is 35.5. The van der Waals surface area contributed by atoms with Crippen LogP contribution >= 0.6 is 23.2 Å². The number of benzene rings is 1. The first-order valence-corrected chi connectivity index (χ1v) is 9.45. The fourth-order valence-electron chi connectivity index (χ4n) is 3.57. The SMILES string of the molecule is NCCn1nc([C@H]2CCN(Cc3ccc(Cl)c(Cl)c3)C2)c2nccnc21. The normalized spacial score (nSPS) is 18.0. The minimum Gasteiger partial charge on any atom is -0.329 e. The Balaban J connectivity index is 1.53. The van der Waals surface area contributed by atoms with Crippen molar-refractivity contribution in [3.8, 4) is 0 Å². The molecule has 3 heterocycles. The fourth-order valence-corrected chi connectivity index (χ4v) is 3.89. The van der Waals surface area contributed by atoms with Crippen LogP contribution in [0.5, 0.6) is 0 Å². The molecule has 0 spiro atoms. The van der Waals surface area contributed by atoms with Gasteiger partial charge in [-0.15, -0.1) is 0 Å². The van der Waals surface area contributed by atoms with Gasteiger partial charge >= 0.3 is 0 Å². The maximum Gasteiger partial charge on any atom is 0.177 e. The van der Waals surface area contributed by atoms with E-state index in [9.17, 15) is 0 Å². The van der Waals surface area contributed by atoms with Crippen LogP contribution in [0.15, 0.2) is 30.6 Å². The lowest BCUT2D eigenvalue weighted by atomic mass is 10.0. The second kappa shape index (κ2) is 7.48. The van der Waals surface area contributed by atoms with E-state index >= 15 is 0 Å². The van der Waals surface area contributed by atoms with Gasteiger partial charge in [0.15, 0.2) is 5.65 Å². The third kappa shape index (κ3) is 3.42. The van der Waals surface area contributed by atoms with Crippen molar-refractivity contribution >= 4 is 34.4 Å². The molecule has 4 rings (SSSR count). The zero-order chi connectivity index (χ0) is 18.1. The summed E-state index contributed by atoms with van der Waals surface area (Å²) in [6.07, 6.45) is 4.47. The van der Waals surface area contributed by atoms with Crippen molar-refractivity contribution in [2.75, 3.05) is 19.6 Å². The molecule has 1 fully saturated rings. The Morgan fingerprint density at radius 2 is 2.00 bits per heavy atom. The Labute approximate surface area is 161 Å². The predicted octanol–water partition coefficient (Wildman–Crippen LogP) is 3.08. The first kappa shape index (κ1) is 17.7. The molecule has 0 bridgehead atoms. The van der Waals surface area contributed by atoms with E-state index in [1.165, 1.54) is 5.56 Å². The van der Waals surface area contributed by atoms with E-state index in [4.69, 9.17) is 34.0 Å². The molecule has 0 radical (unpaired) electrons. The molecule has 26 heavy (non-hydrogen) atoms. The fraction of sp³-hybridized carbons (Fsp3) is 0.389. The molecule has 1 atom stereocenters. The van der Waals surface area contributed by atoms with Crippen molar-refractivity contribution < 1.29 is 0 Å². The number of rotatable bonds is 5. The minimum atomic E-state index is 0.344. The highest BCUT2D eigenvalue weighted by molar-refractivity contribution is 6.42. The Bertz CT molecular complexity index is 925. The number of likely N-dealkylation sites (tertiary alicyclic amines) is 1. The van der Waals surface area contributed by atoms with E-state index in [-0.39, 0.29) is 0 Å². The zero-order valence-electron chi connectivity index (χ0n) is 14.3. The maximum absolute atomic E-state index is 6.13. The first-order chi connectivity index (χ1) is 12.7. The van der Waals surface area contributed by atoms with Gasteiger partial charge in [-0.3, -0.25) is 4.90 Å². The van der Waals surface area contributed by atoms with E-state index in [1.807, 2.05) is 22.9 Å². The lowest BCUT2D eigenvalue weighted by molar-refractivity contribution is 0.326. The number of hydrogen-bond donors (Lipinski definition) is 1. The van der Waals surface area contributed by atoms with Crippen LogP contribution in [0, 0.1) is 0 Å². The van der Waals surface area contributed by atoms with E-state index in [0.717, 1.165) is 42.9 Å². The Morgan fingerprint density at radius 1 is 1.15 bits per heavy atom. The lowest BCUT2D eigenvalue weighted by Crippen LogP contribution is -2.20. The van der Waals surface area contributed by atoms with Gasteiger partial charge in [-0.2, -0.15) is 5.10 Å². The Morgan fingerprint density at radius 3 is 2.81 bits per heavy atom. The first-order valence-electron chi connectivity index (χ1n) is 8.69. The van der Waals surface area contributed by atoms with Gasteiger partial charge in [-0.1, -0.05) is 29.3 Å². The van der Waals surface area contributed by atoms with Crippen molar-refractivity contribution in [3.05, 3.63) is 51.9 Å². The number of nitrogens with two attached hydrogens (primary N) is 1. The molecule has 136 valence electrons. The number of fused-ring (bicyclic) bond motifs is 1. The molecule has 0 amide bonds. The molecule has 2 aromatic heterocycles. The molecule has 0 saturated carbocycles. The smallest absolute Gasteiger partial charge is 0.177 e. The van der Waals surface area contributed by atoms with Crippen molar-refractivity contribution in [3.63, 3.8) is 0 Å². The van der Waals surface area contributed by atoms with E-state index < -0.39 is 0 Å². The molecule has 1 saturated heterocycles. The molecule has 6 nitrogen and oxygen atoms in total. The van der Waals surface area contributed by atoms with Crippen molar-refractivity contribution in [1.29, 1.82) is 0 Å². The van der Waals surface area contributed by atoms with Gasteiger partial charge in [-0.25, -0.2) is 14.6 Å². The maximum atomic E-state index is 6.13. The molecular formula is C18H20Cl2N6. The Hall–Kier alpha value is -1.73. The van der Waals surface area contributed by atoms with Gasteiger partial charge in [0.25, 0.3) is 0 Å². The summed E-state index contributed by atoms with van der Waals surface area (Å²) in [5, 5.41) is 5.96. The standard InChI is InChI=1S/C18H20Cl2N6/c19-14-2-1-12(9-15(14)20)10-25-7-3-13(11-25)16-17-18(23-6-5-22-17)26(24-16)8-4-21/h1-2,5-6,9,13H,3-4,7-8,10-11,21H2/t13-/m0/s1. The van der Waals surface area contributed by atoms with Crippen molar-refractivity contribution in [2.24, 2.45) is 5.73 Å². The molecule has 3 aromatic rings. The van der Waals surface area contributed by atoms with Gasteiger partial charge < -0.3 is 5.73 Å². The molecule has 1 aliphatic heterocycles. The van der Waals surface area contributed by atoms with Crippen LogP contribution in [0.25, 0.3) is 11.2 Å². The van der Waals surface area contributed by atoms with Crippen LogP contribution in [0.4, 0.5) is 0 Å². The summed E-state index contributed by atoms with van der Waals surface area (Å²) in [7, 11) is 0. The average molecular weight is 391 g/mol. The van der Waals surface area contributed by atoms with Gasteiger partial charge in [0.1, 0.15) is 5.52 Å². The average Bonchev–Trinajstić information content (AvgIpc) is 3.24. The Kier molecular flexibility index (Phi) is 5.09. The summed E-state index contributed by atoms with van der Waals surface area (Å²) in [4.78, 5) is 11.4. The highest BCUT2D eigenvalue weighted by Gasteiger charge is 2.29. The molecule has 1 aliphatic rings. The molecular weight excluding hydrogens is 371 g/mol. The minimum absolute atomic E-state index is 0.344. The van der Waals surface area contributed by atoms with Crippen LogP contribution in [0.2, 0.25) is 10.0 Å². The van der Waals surface area contributed by atoms with Crippen molar-refractivity contribution in [1.82, 2.24) is 24.6 Å². The lowest BCUT2D eigenvalue weighted by Gasteiger charge is -2.16. The van der Waals surface area contributed by atoms with Gasteiger partial charge in [0.2, 0.25) is 0 Å². The molecule has 2 N–H and O–H groups in total. The van der Waals surface area contributed by atoms with Crippen molar-refractivity contribution in [2.45, 2.75) is 25.4 Å². The van der Waals surface area contributed by atoms with Crippen LogP contribution in [0.3, 0.4) is 0 Å². The number of hydrogen-bond acceptors (Lipinski definition) is 5. The topological polar surface area (TPSA) is 72.9 Å². The summed E-state index contributed by atoms with van der Waals surface area (Å²) in [6.45, 7) is 3.97. The van der Waals surface area contributed by atoms with Crippen LogP contribution < -0.4 is 5.73 Å². The summed E-state index contributed by atoms with van der Waals surface area (Å²) >= 11 is 12.1. The number of halogens is 2. The van der Waals surface area contributed by atoms with Gasteiger partial charge in [0.05, 0.1) is 22.3 Å². The van der Waals surface area contributed by atoms with Gasteiger partial charge in [-0.05, 0) is 30.7 Å². The molecule has 0 aliphatic carbocycles.